The van der Waals surface area contributed by atoms with E-state index in [0.717, 1.165) is 0 Å². The smallest absolute Gasteiger partial charge is 0.229 e. The SMILES string of the molecule is O=C(CNC(=O)[C@H]1CC(=O)N(c2n[nH]c3cccc(F)c23)C1)c1ccccc1. The molecule has 28 heavy (non-hydrogen) atoms. The van der Waals surface area contributed by atoms with Crippen molar-refractivity contribution in [1.82, 2.24) is 15.5 Å². The van der Waals surface area contributed by atoms with Gasteiger partial charge < -0.3 is 5.32 Å². The summed E-state index contributed by atoms with van der Waals surface area (Å²) in [4.78, 5) is 38.3. The number of hydrogen-bond acceptors (Lipinski definition) is 4. The van der Waals surface area contributed by atoms with E-state index in [1.165, 1.54) is 11.0 Å². The lowest BCUT2D eigenvalue weighted by molar-refractivity contribution is -0.126. The van der Waals surface area contributed by atoms with Gasteiger partial charge in [0.05, 0.1) is 23.4 Å². The molecule has 0 aliphatic carbocycles. The van der Waals surface area contributed by atoms with Crippen molar-refractivity contribution < 1.29 is 18.8 Å². The maximum absolute atomic E-state index is 14.2. The van der Waals surface area contributed by atoms with Crippen molar-refractivity contribution in [2.45, 2.75) is 6.42 Å². The fourth-order valence-corrected chi connectivity index (χ4v) is 3.33. The van der Waals surface area contributed by atoms with Crippen LogP contribution in [0.25, 0.3) is 10.9 Å². The van der Waals surface area contributed by atoms with Crippen LogP contribution in [-0.4, -0.2) is 40.9 Å². The van der Waals surface area contributed by atoms with E-state index in [1.54, 1.807) is 42.5 Å². The second-order valence-corrected chi connectivity index (χ2v) is 6.62. The standard InChI is InChI=1S/C20H17FN4O3/c21-14-7-4-8-15-18(14)19(24-23-15)25-11-13(9-17(25)27)20(28)22-10-16(26)12-5-2-1-3-6-12/h1-8,13H,9-11H2,(H,22,28)(H,23,24)/t13-/m0/s1. The van der Waals surface area contributed by atoms with Gasteiger partial charge in [-0.2, -0.15) is 5.10 Å². The highest BCUT2D eigenvalue weighted by molar-refractivity contribution is 6.06. The van der Waals surface area contributed by atoms with Crippen molar-refractivity contribution in [3.8, 4) is 0 Å². The van der Waals surface area contributed by atoms with Crippen LogP contribution in [0.5, 0.6) is 0 Å². The van der Waals surface area contributed by atoms with Gasteiger partial charge in [0.2, 0.25) is 11.8 Å². The maximum atomic E-state index is 14.2. The average Bonchev–Trinajstić information content (AvgIpc) is 3.30. The number of carbonyl (C=O) groups is 3. The maximum Gasteiger partial charge on any atom is 0.229 e. The van der Waals surface area contributed by atoms with Gasteiger partial charge in [-0.15, -0.1) is 0 Å². The number of ketones is 1. The molecule has 0 spiro atoms. The molecule has 1 aromatic heterocycles. The molecule has 1 aliphatic heterocycles. The summed E-state index contributed by atoms with van der Waals surface area (Å²) in [7, 11) is 0. The van der Waals surface area contributed by atoms with E-state index in [4.69, 9.17) is 0 Å². The van der Waals surface area contributed by atoms with E-state index >= 15 is 0 Å². The lowest BCUT2D eigenvalue weighted by Gasteiger charge is -2.14. The molecule has 0 radical (unpaired) electrons. The van der Waals surface area contributed by atoms with Gasteiger partial charge in [-0.3, -0.25) is 24.4 Å². The van der Waals surface area contributed by atoms with Crippen LogP contribution in [0.4, 0.5) is 10.2 Å². The van der Waals surface area contributed by atoms with Gasteiger partial charge in [0.1, 0.15) is 5.82 Å². The minimum atomic E-state index is -0.630. The molecule has 1 saturated heterocycles. The van der Waals surface area contributed by atoms with Crippen molar-refractivity contribution in [2.24, 2.45) is 5.92 Å². The summed E-state index contributed by atoms with van der Waals surface area (Å²) in [6.07, 6.45) is -0.0197. The number of nitrogens with zero attached hydrogens (tertiary/aromatic N) is 2. The number of amides is 2. The predicted octanol–water partition coefficient (Wildman–Crippen LogP) is 2.05. The van der Waals surface area contributed by atoms with Crippen LogP contribution in [0.1, 0.15) is 16.8 Å². The quantitative estimate of drug-likeness (QED) is 0.663. The van der Waals surface area contributed by atoms with Gasteiger partial charge in [0, 0.05) is 18.5 Å². The number of aromatic nitrogens is 2. The van der Waals surface area contributed by atoms with Gasteiger partial charge in [-0.05, 0) is 12.1 Å². The Hall–Kier alpha value is -3.55. The first-order valence-electron chi connectivity index (χ1n) is 8.83. The van der Waals surface area contributed by atoms with Gasteiger partial charge in [0.25, 0.3) is 0 Å². The fraction of sp³-hybridized carbons (Fsp3) is 0.200. The Labute approximate surface area is 159 Å². The Morgan fingerprint density at radius 2 is 1.96 bits per heavy atom. The highest BCUT2D eigenvalue weighted by Crippen LogP contribution is 2.31. The molecule has 4 rings (SSSR count). The van der Waals surface area contributed by atoms with E-state index in [-0.39, 0.29) is 48.3 Å². The summed E-state index contributed by atoms with van der Waals surface area (Å²) >= 11 is 0. The predicted molar refractivity (Wildman–Crippen MR) is 100 cm³/mol. The number of fused-ring (bicyclic) bond motifs is 1. The van der Waals surface area contributed by atoms with Crippen LogP contribution >= 0.6 is 0 Å². The second kappa shape index (κ2) is 7.22. The lowest BCUT2D eigenvalue weighted by atomic mass is 10.1. The fourth-order valence-electron chi connectivity index (χ4n) is 3.33. The first kappa shape index (κ1) is 17.8. The van der Waals surface area contributed by atoms with E-state index in [0.29, 0.717) is 11.1 Å². The summed E-state index contributed by atoms with van der Waals surface area (Å²) in [5.41, 5.74) is 0.981. The number of Topliss-reactive ketones (excluding diaryl/α,β-unsaturated/α-hetero) is 1. The van der Waals surface area contributed by atoms with E-state index < -0.39 is 11.7 Å². The Balaban J connectivity index is 1.44. The number of H-pyrrole nitrogens is 1. The van der Waals surface area contributed by atoms with E-state index in [1.807, 2.05) is 0 Å². The number of carbonyl (C=O) groups excluding carboxylic acids is 3. The number of anilines is 1. The van der Waals surface area contributed by atoms with Crippen molar-refractivity contribution in [3.05, 3.63) is 59.9 Å². The molecule has 2 amide bonds. The van der Waals surface area contributed by atoms with E-state index in [9.17, 15) is 18.8 Å². The molecule has 2 N–H and O–H groups in total. The normalized spacial score (nSPS) is 16.5. The molecule has 7 nitrogen and oxygen atoms in total. The molecule has 1 aliphatic rings. The minimum absolute atomic E-state index is 0.0197. The monoisotopic (exact) mass is 380 g/mol. The van der Waals surface area contributed by atoms with Crippen molar-refractivity contribution in [1.29, 1.82) is 0 Å². The summed E-state index contributed by atoms with van der Waals surface area (Å²) in [6, 6.07) is 13.1. The van der Waals surface area contributed by atoms with Crippen LogP contribution in [0.15, 0.2) is 48.5 Å². The number of rotatable bonds is 5. The zero-order valence-corrected chi connectivity index (χ0v) is 14.8. The Bertz CT molecular complexity index is 1060. The highest BCUT2D eigenvalue weighted by atomic mass is 19.1. The molecular formula is C20H17FN4O3. The Morgan fingerprint density at radius 3 is 2.75 bits per heavy atom. The van der Waals surface area contributed by atoms with Crippen LogP contribution in [0, 0.1) is 11.7 Å². The third-order valence-corrected chi connectivity index (χ3v) is 4.79. The zero-order chi connectivity index (χ0) is 19.7. The first-order valence-corrected chi connectivity index (χ1v) is 8.83. The first-order chi connectivity index (χ1) is 13.5. The molecule has 0 saturated carbocycles. The van der Waals surface area contributed by atoms with Gasteiger partial charge in [0.15, 0.2) is 11.6 Å². The Kier molecular flexibility index (Phi) is 4.60. The third kappa shape index (κ3) is 3.24. The second-order valence-electron chi connectivity index (χ2n) is 6.62. The Morgan fingerprint density at radius 1 is 1.18 bits per heavy atom. The van der Waals surface area contributed by atoms with Gasteiger partial charge in [-0.1, -0.05) is 36.4 Å². The number of halogens is 1. The molecule has 2 aromatic carbocycles. The molecule has 142 valence electrons. The topological polar surface area (TPSA) is 95.2 Å². The van der Waals surface area contributed by atoms with Crippen molar-refractivity contribution in [2.75, 3.05) is 18.0 Å². The van der Waals surface area contributed by atoms with Crippen LogP contribution in [0.3, 0.4) is 0 Å². The number of benzene rings is 2. The third-order valence-electron chi connectivity index (χ3n) is 4.79. The zero-order valence-electron chi connectivity index (χ0n) is 14.8. The molecule has 0 bridgehead atoms. The highest BCUT2D eigenvalue weighted by Gasteiger charge is 2.37. The summed E-state index contributed by atoms with van der Waals surface area (Å²) in [5, 5.41) is 9.56. The number of aromatic amines is 1. The van der Waals surface area contributed by atoms with Gasteiger partial charge >= 0.3 is 0 Å². The van der Waals surface area contributed by atoms with Crippen LogP contribution < -0.4 is 10.2 Å². The molecule has 1 fully saturated rings. The average molecular weight is 380 g/mol. The molecule has 8 heteroatoms. The summed E-state index contributed by atoms with van der Waals surface area (Å²) in [6.45, 7) is -0.0635. The molecule has 0 unspecified atom stereocenters. The molecule has 1 atom stereocenters. The minimum Gasteiger partial charge on any atom is -0.348 e. The lowest BCUT2D eigenvalue weighted by Crippen LogP contribution is -2.36. The summed E-state index contributed by atoms with van der Waals surface area (Å²) < 4.78 is 14.2. The van der Waals surface area contributed by atoms with E-state index in [2.05, 4.69) is 15.5 Å². The van der Waals surface area contributed by atoms with Crippen LogP contribution in [-0.2, 0) is 9.59 Å². The van der Waals surface area contributed by atoms with Crippen molar-refractivity contribution >= 4 is 34.3 Å². The molecule has 3 aromatic rings. The number of hydrogen-bond donors (Lipinski definition) is 2. The molecule has 2 heterocycles. The van der Waals surface area contributed by atoms with Gasteiger partial charge in [-0.25, -0.2) is 4.39 Å². The summed E-state index contributed by atoms with van der Waals surface area (Å²) in [5.74, 6) is -1.86. The molecular weight excluding hydrogens is 363 g/mol. The van der Waals surface area contributed by atoms with Crippen molar-refractivity contribution in [3.63, 3.8) is 0 Å². The number of nitrogens with one attached hydrogen (secondary N) is 2. The largest absolute Gasteiger partial charge is 0.348 e. The van der Waals surface area contributed by atoms with Crippen LogP contribution in [0.2, 0.25) is 0 Å².